The summed E-state index contributed by atoms with van der Waals surface area (Å²) >= 11 is 0. The van der Waals surface area contributed by atoms with E-state index < -0.39 is 10.0 Å². The average molecular weight is 374 g/mol. The molecule has 2 aromatic rings. The Kier molecular flexibility index (Phi) is 6.06. The van der Waals surface area contributed by atoms with Crippen molar-refractivity contribution >= 4 is 10.0 Å². The van der Waals surface area contributed by atoms with E-state index in [9.17, 15) is 8.42 Å². The van der Waals surface area contributed by atoms with Crippen molar-refractivity contribution in [2.24, 2.45) is 5.92 Å². The van der Waals surface area contributed by atoms with Gasteiger partial charge in [-0.2, -0.15) is 0 Å². The molecule has 1 fully saturated rings. The topological polar surface area (TPSA) is 62.3 Å². The highest BCUT2D eigenvalue weighted by molar-refractivity contribution is 7.89. The lowest BCUT2D eigenvalue weighted by Crippen LogP contribution is -2.38. The van der Waals surface area contributed by atoms with Crippen molar-refractivity contribution in [1.82, 2.24) is 14.6 Å². The minimum Gasteiger partial charge on any atom is -0.299 e. The summed E-state index contributed by atoms with van der Waals surface area (Å²) in [4.78, 5) is 6.86. The molecule has 6 heteroatoms. The Bertz CT molecular complexity index is 829. The van der Waals surface area contributed by atoms with Crippen LogP contribution in [0.15, 0.2) is 47.6 Å². The predicted octanol–water partition coefficient (Wildman–Crippen LogP) is 2.89. The van der Waals surface area contributed by atoms with Gasteiger partial charge in [0.2, 0.25) is 10.0 Å². The van der Waals surface area contributed by atoms with Gasteiger partial charge in [0.05, 0.1) is 4.90 Å². The normalized spacial score (nSPS) is 16.7. The van der Waals surface area contributed by atoms with Gasteiger partial charge in [-0.25, -0.2) is 13.1 Å². The second-order valence-electron chi connectivity index (χ2n) is 7.20. The van der Waals surface area contributed by atoms with E-state index in [0.717, 1.165) is 43.6 Å². The molecule has 0 unspecified atom stereocenters. The van der Waals surface area contributed by atoms with Crippen LogP contribution in [0.2, 0.25) is 0 Å². The molecule has 1 aliphatic heterocycles. The Balaban J connectivity index is 1.50. The number of hydrogen-bond donors (Lipinski definition) is 1. The molecule has 3 rings (SSSR count). The molecule has 1 aromatic heterocycles. The second-order valence-corrected chi connectivity index (χ2v) is 8.93. The van der Waals surface area contributed by atoms with Gasteiger partial charge in [0, 0.05) is 25.5 Å². The summed E-state index contributed by atoms with van der Waals surface area (Å²) < 4.78 is 28.0. The summed E-state index contributed by atoms with van der Waals surface area (Å²) in [6.07, 6.45) is 5.68. The number of pyridine rings is 1. The quantitative estimate of drug-likeness (QED) is 0.846. The summed E-state index contributed by atoms with van der Waals surface area (Å²) in [7, 11) is -3.44. The number of aryl methyl sites for hydroxylation is 2. The Labute approximate surface area is 156 Å². The largest absolute Gasteiger partial charge is 0.299 e. The molecule has 5 nitrogen and oxygen atoms in total. The summed E-state index contributed by atoms with van der Waals surface area (Å²) in [6, 6.07) is 9.55. The maximum atomic E-state index is 12.6. The lowest BCUT2D eigenvalue weighted by atomic mass is 9.97. The fourth-order valence-electron chi connectivity index (χ4n) is 3.50. The number of benzene rings is 1. The maximum Gasteiger partial charge on any atom is 0.240 e. The van der Waals surface area contributed by atoms with Gasteiger partial charge >= 0.3 is 0 Å². The molecule has 0 bridgehead atoms. The first-order chi connectivity index (χ1) is 12.4. The van der Waals surface area contributed by atoms with E-state index in [-0.39, 0.29) is 0 Å². The van der Waals surface area contributed by atoms with E-state index in [1.54, 1.807) is 6.07 Å². The molecule has 0 saturated carbocycles. The van der Waals surface area contributed by atoms with Crippen molar-refractivity contribution in [3.63, 3.8) is 0 Å². The molecule has 1 N–H and O–H groups in total. The molecule has 0 radical (unpaired) electrons. The number of likely N-dealkylation sites (tertiary alicyclic amines) is 1. The summed E-state index contributed by atoms with van der Waals surface area (Å²) in [5.74, 6) is 0.393. The molecule has 0 aliphatic carbocycles. The van der Waals surface area contributed by atoms with Crippen LogP contribution >= 0.6 is 0 Å². The lowest BCUT2D eigenvalue weighted by Gasteiger charge is -2.32. The van der Waals surface area contributed by atoms with Crippen molar-refractivity contribution in [2.75, 3.05) is 19.6 Å². The SMILES string of the molecule is Cc1ccc(S(=O)(=O)NCC2CCN(Cc3ccncc3)CC2)c(C)c1. The van der Waals surface area contributed by atoms with Gasteiger partial charge in [-0.1, -0.05) is 17.7 Å². The zero-order chi connectivity index (χ0) is 18.6. The number of sulfonamides is 1. The van der Waals surface area contributed by atoms with E-state index in [0.29, 0.717) is 17.4 Å². The van der Waals surface area contributed by atoms with Crippen LogP contribution in [0.3, 0.4) is 0 Å². The highest BCUT2D eigenvalue weighted by Gasteiger charge is 2.22. The first-order valence-electron chi connectivity index (χ1n) is 9.12. The van der Waals surface area contributed by atoms with E-state index >= 15 is 0 Å². The van der Waals surface area contributed by atoms with E-state index in [1.165, 1.54) is 5.56 Å². The van der Waals surface area contributed by atoms with Crippen LogP contribution in [0.1, 0.15) is 29.5 Å². The predicted molar refractivity (Wildman–Crippen MR) is 103 cm³/mol. The van der Waals surface area contributed by atoms with Gasteiger partial charge in [-0.15, -0.1) is 0 Å². The van der Waals surface area contributed by atoms with Crippen LogP contribution in [-0.2, 0) is 16.6 Å². The highest BCUT2D eigenvalue weighted by Crippen LogP contribution is 2.20. The van der Waals surface area contributed by atoms with Crippen molar-refractivity contribution in [2.45, 2.75) is 38.1 Å². The number of nitrogens with one attached hydrogen (secondary N) is 1. The molecule has 1 aliphatic rings. The van der Waals surface area contributed by atoms with E-state index in [2.05, 4.69) is 14.6 Å². The molecule has 0 atom stereocenters. The van der Waals surface area contributed by atoms with Gasteiger partial charge in [-0.3, -0.25) is 9.88 Å². The molecule has 26 heavy (non-hydrogen) atoms. The molecular weight excluding hydrogens is 346 g/mol. The number of hydrogen-bond acceptors (Lipinski definition) is 4. The molecule has 1 saturated heterocycles. The number of rotatable bonds is 6. The van der Waals surface area contributed by atoms with Gasteiger partial charge in [0.15, 0.2) is 0 Å². The van der Waals surface area contributed by atoms with Gasteiger partial charge in [0.1, 0.15) is 0 Å². The second kappa shape index (κ2) is 8.29. The number of nitrogens with zero attached hydrogens (tertiary/aromatic N) is 2. The van der Waals surface area contributed by atoms with Crippen LogP contribution in [-0.4, -0.2) is 37.9 Å². The van der Waals surface area contributed by atoms with Gasteiger partial charge < -0.3 is 0 Å². The van der Waals surface area contributed by atoms with Gasteiger partial charge in [0.25, 0.3) is 0 Å². The Morgan fingerprint density at radius 2 is 1.81 bits per heavy atom. The van der Waals surface area contributed by atoms with Crippen molar-refractivity contribution in [1.29, 1.82) is 0 Å². The third-order valence-corrected chi connectivity index (χ3v) is 6.63. The first-order valence-corrected chi connectivity index (χ1v) is 10.6. The fraction of sp³-hybridized carbons (Fsp3) is 0.450. The summed E-state index contributed by atoms with van der Waals surface area (Å²) in [5, 5.41) is 0. The van der Waals surface area contributed by atoms with Crippen molar-refractivity contribution in [3.05, 3.63) is 59.4 Å². The Hall–Kier alpha value is -1.76. The molecule has 140 valence electrons. The zero-order valence-corrected chi connectivity index (χ0v) is 16.3. The molecular formula is C20H27N3O2S. The van der Waals surface area contributed by atoms with E-state index in [4.69, 9.17) is 0 Å². The average Bonchev–Trinajstić information content (AvgIpc) is 2.62. The fourth-order valence-corrected chi connectivity index (χ4v) is 4.84. The maximum absolute atomic E-state index is 12.6. The van der Waals surface area contributed by atoms with E-state index in [1.807, 2.05) is 50.5 Å². The van der Waals surface area contributed by atoms with Crippen molar-refractivity contribution < 1.29 is 8.42 Å². The van der Waals surface area contributed by atoms with Crippen LogP contribution in [0.4, 0.5) is 0 Å². The smallest absolute Gasteiger partial charge is 0.240 e. The highest BCUT2D eigenvalue weighted by atomic mass is 32.2. The minimum absolute atomic E-state index is 0.387. The summed E-state index contributed by atoms with van der Waals surface area (Å²) in [5.41, 5.74) is 3.14. The molecule has 1 aromatic carbocycles. The summed E-state index contributed by atoms with van der Waals surface area (Å²) in [6.45, 7) is 7.26. The number of aromatic nitrogens is 1. The molecule has 0 amide bonds. The third kappa shape index (κ3) is 4.90. The molecule has 2 heterocycles. The standard InChI is InChI=1S/C20H27N3O2S/c1-16-3-4-20(17(2)13-16)26(24,25)22-14-18-7-11-23(12-8-18)15-19-5-9-21-10-6-19/h3-6,9-10,13,18,22H,7-8,11-12,14-15H2,1-2H3. The van der Waals surface area contributed by atoms with Gasteiger partial charge in [-0.05, 0) is 75.0 Å². The van der Waals surface area contributed by atoms with Crippen molar-refractivity contribution in [3.8, 4) is 0 Å². The monoisotopic (exact) mass is 373 g/mol. The number of piperidine rings is 1. The van der Waals surface area contributed by atoms with Crippen LogP contribution < -0.4 is 4.72 Å². The lowest BCUT2D eigenvalue weighted by molar-refractivity contribution is 0.178. The molecule has 0 spiro atoms. The van der Waals surface area contributed by atoms with Crippen LogP contribution in [0, 0.1) is 19.8 Å². The van der Waals surface area contributed by atoms with Crippen LogP contribution in [0.5, 0.6) is 0 Å². The zero-order valence-electron chi connectivity index (χ0n) is 15.5. The Morgan fingerprint density at radius 1 is 1.12 bits per heavy atom. The Morgan fingerprint density at radius 3 is 2.46 bits per heavy atom. The third-order valence-electron chi connectivity index (χ3n) is 5.04. The minimum atomic E-state index is -3.44. The first kappa shape index (κ1) is 19.0. The van der Waals surface area contributed by atoms with Crippen LogP contribution in [0.25, 0.3) is 0 Å².